The van der Waals surface area contributed by atoms with Gasteiger partial charge in [-0.2, -0.15) is 5.10 Å². The van der Waals surface area contributed by atoms with Crippen LogP contribution in [-0.2, 0) is 0 Å². The molecule has 0 aliphatic carbocycles. The first kappa shape index (κ1) is 28.9. The van der Waals surface area contributed by atoms with E-state index in [4.69, 9.17) is 10.7 Å². The van der Waals surface area contributed by atoms with Crippen LogP contribution in [0.4, 0.5) is 5.69 Å². The number of nitrogen functional groups attached to an aromatic ring is 1. The standard InChI is InChI=1S/C23H18N4.C8H19N.C2H6/c1-15-6-8-16(9-7-15)17-12-25-23-21(13-26-27(23)14-17)19-10-11-22(24)20-5-3-2-4-18(19)20;1-3-5-6-8-9-7-4-2;1-2/h2-14H,24H2,1H3;9H,3-8H2,1-2H3;1-2H3. The zero-order chi connectivity index (χ0) is 27.3. The van der Waals surface area contributed by atoms with E-state index >= 15 is 0 Å². The summed E-state index contributed by atoms with van der Waals surface area (Å²) in [6.45, 7) is 12.9. The number of nitrogens with zero attached hydrogens (tertiary/aromatic N) is 3. The summed E-state index contributed by atoms with van der Waals surface area (Å²) in [6, 6.07) is 20.6. The zero-order valence-electron chi connectivity index (χ0n) is 23.7. The fraction of sp³-hybridized carbons (Fsp3) is 0.333. The molecule has 0 saturated heterocycles. The molecule has 5 rings (SSSR count). The lowest BCUT2D eigenvalue weighted by Gasteiger charge is -2.08. The second-order valence-corrected chi connectivity index (χ2v) is 9.24. The Balaban J connectivity index is 0.000000312. The monoisotopic (exact) mass is 509 g/mol. The Bertz CT molecular complexity index is 1400. The predicted molar refractivity (Wildman–Crippen MR) is 165 cm³/mol. The second kappa shape index (κ2) is 14.9. The van der Waals surface area contributed by atoms with Gasteiger partial charge in [0, 0.05) is 34.6 Å². The highest BCUT2D eigenvalue weighted by Gasteiger charge is 2.13. The molecule has 3 N–H and O–H groups in total. The van der Waals surface area contributed by atoms with Crippen LogP contribution in [0.25, 0.3) is 38.7 Å². The van der Waals surface area contributed by atoms with Gasteiger partial charge in [-0.25, -0.2) is 9.50 Å². The van der Waals surface area contributed by atoms with Gasteiger partial charge in [0.15, 0.2) is 5.65 Å². The highest BCUT2D eigenvalue weighted by atomic mass is 15.2. The first-order valence-corrected chi connectivity index (χ1v) is 14.0. The van der Waals surface area contributed by atoms with E-state index in [1.54, 1.807) is 0 Å². The summed E-state index contributed by atoms with van der Waals surface area (Å²) in [4.78, 5) is 4.71. The minimum absolute atomic E-state index is 0.778. The van der Waals surface area contributed by atoms with Crippen LogP contribution in [0, 0.1) is 6.92 Å². The van der Waals surface area contributed by atoms with Gasteiger partial charge < -0.3 is 11.1 Å². The Hall–Kier alpha value is -3.70. The van der Waals surface area contributed by atoms with Crippen molar-refractivity contribution in [3.05, 3.63) is 84.8 Å². The fourth-order valence-electron chi connectivity index (χ4n) is 4.32. The van der Waals surface area contributed by atoms with E-state index in [-0.39, 0.29) is 0 Å². The summed E-state index contributed by atoms with van der Waals surface area (Å²) in [5, 5.41) is 10.1. The van der Waals surface area contributed by atoms with Crippen molar-refractivity contribution in [3.63, 3.8) is 0 Å². The summed E-state index contributed by atoms with van der Waals surface area (Å²) >= 11 is 0. The van der Waals surface area contributed by atoms with Crippen molar-refractivity contribution in [2.24, 2.45) is 0 Å². The Kier molecular flexibility index (Phi) is 11.3. The molecule has 38 heavy (non-hydrogen) atoms. The normalized spacial score (nSPS) is 10.6. The smallest absolute Gasteiger partial charge is 0.162 e. The van der Waals surface area contributed by atoms with Crippen molar-refractivity contribution in [2.75, 3.05) is 18.8 Å². The van der Waals surface area contributed by atoms with Gasteiger partial charge in [0.05, 0.1) is 6.20 Å². The molecule has 0 bridgehead atoms. The van der Waals surface area contributed by atoms with Gasteiger partial charge >= 0.3 is 0 Å². The molecule has 0 amide bonds. The van der Waals surface area contributed by atoms with Crippen LogP contribution >= 0.6 is 0 Å². The first-order chi connectivity index (χ1) is 18.6. The van der Waals surface area contributed by atoms with Crippen LogP contribution in [0.2, 0.25) is 0 Å². The van der Waals surface area contributed by atoms with Crippen LogP contribution in [0.1, 0.15) is 58.9 Å². The molecule has 0 saturated carbocycles. The van der Waals surface area contributed by atoms with E-state index in [2.05, 4.69) is 61.5 Å². The molecule has 0 spiro atoms. The number of fused-ring (bicyclic) bond motifs is 2. The first-order valence-electron chi connectivity index (χ1n) is 14.0. The molecule has 0 radical (unpaired) electrons. The van der Waals surface area contributed by atoms with E-state index in [0.29, 0.717) is 0 Å². The number of unbranched alkanes of at least 4 members (excludes halogenated alkanes) is 2. The zero-order valence-corrected chi connectivity index (χ0v) is 23.7. The van der Waals surface area contributed by atoms with E-state index in [9.17, 15) is 0 Å². The topological polar surface area (TPSA) is 68.2 Å². The quantitative estimate of drug-likeness (QED) is 0.163. The van der Waals surface area contributed by atoms with Gasteiger partial charge in [-0.15, -0.1) is 0 Å². The SMILES string of the molecule is CC.CCCCCNCCC.Cc1ccc(-c2cnc3c(-c4ccc(N)c5ccccc45)cnn3c2)cc1. The van der Waals surface area contributed by atoms with Crippen molar-refractivity contribution in [1.29, 1.82) is 0 Å². The number of hydrogen-bond donors (Lipinski definition) is 2. The number of benzene rings is 3. The molecular formula is C33H43N5. The summed E-state index contributed by atoms with van der Waals surface area (Å²) in [5.41, 5.74) is 13.3. The molecule has 5 heteroatoms. The van der Waals surface area contributed by atoms with Crippen LogP contribution in [-0.4, -0.2) is 27.7 Å². The molecular weight excluding hydrogens is 466 g/mol. The van der Waals surface area contributed by atoms with E-state index in [1.807, 2.05) is 67.3 Å². The van der Waals surface area contributed by atoms with Gasteiger partial charge in [-0.3, -0.25) is 0 Å². The molecule has 5 nitrogen and oxygen atoms in total. The van der Waals surface area contributed by atoms with Crippen molar-refractivity contribution >= 4 is 22.1 Å². The van der Waals surface area contributed by atoms with Crippen molar-refractivity contribution < 1.29 is 0 Å². The Labute approximate surface area is 228 Å². The van der Waals surface area contributed by atoms with Crippen molar-refractivity contribution in [3.8, 4) is 22.3 Å². The van der Waals surface area contributed by atoms with E-state index < -0.39 is 0 Å². The number of nitrogens with two attached hydrogens (primary N) is 1. The maximum atomic E-state index is 6.15. The third kappa shape index (κ3) is 7.20. The lowest BCUT2D eigenvalue weighted by molar-refractivity contribution is 0.611. The van der Waals surface area contributed by atoms with Crippen molar-refractivity contribution in [1.82, 2.24) is 19.9 Å². The summed E-state index contributed by atoms with van der Waals surface area (Å²) in [5.74, 6) is 0. The van der Waals surface area contributed by atoms with Gasteiger partial charge in [0.1, 0.15) is 0 Å². The molecule has 0 aliphatic rings. The highest BCUT2D eigenvalue weighted by molar-refractivity contribution is 6.04. The van der Waals surface area contributed by atoms with Crippen LogP contribution in [0.5, 0.6) is 0 Å². The average molecular weight is 510 g/mol. The average Bonchev–Trinajstić information content (AvgIpc) is 3.38. The van der Waals surface area contributed by atoms with Gasteiger partial charge in [-0.1, -0.05) is 101 Å². The minimum Gasteiger partial charge on any atom is -0.398 e. The van der Waals surface area contributed by atoms with Gasteiger partial charge in [0.25, 0.3) is 0 Å². The lowest BCUT2D eigenvalue weighted by atomic mass is 9.99. The number of aryl methyl sites for hydroxylation is 1. The molecule has 0 fully saturated rings. The number of anilines is 1. The van der Waals surface area contributed by atoms with Gasteiger partial charge in [0.2, 0.25) is 0 Å². The van der Waals surface area contributed by atoms with Gasteiger partial charge in [-0.05, 0) is 55.4 Å². The number of rotatable bonds is 8. The summed E-state index contributed by atoms with van der Waals surface area (Å²) in [6.07, 6.45) is 11.1. The molecule has 0 unspecified atom stereocenters. The fourth-order valence-corrected chi connectivity index (χ4v) is 4.32. The third-order valence-electron chi connectivity index (χ3n) is 6.37. The van der Waals surface area contributed by atoms with Crippen LogP contribution < -0.4 is 11.1 Å². The molecule has 3 aromatic carbocycles. The van der Waals surface area contributed by atoms with Crippen LogP contribution in [0.15, 0.2) is 79.3 Å². The van der Waals surface area contributed by atoms with Crippen LogP contribution in [0.3, 0.4) is 0 Å². The second-order valence-electron chi connectivity index (χ2n) is 9.24. The van der Waals surface area contributed by atoms with Crippen molar-refractivity contribution in [2.45, 2.75) is 60.3 Å². The Morgan fingerprint density at radius 3 is 2.21 bits per heavy atom. The maximum Gasteiger partial charge on any atom is 0.162 e. The summed E-state index contributed by atoms with van der Waals surface area (Å²) in [7, 11) is 0. The molecule has 5 aromatic rings. The Morgan fingerprint density at radius 1 is 0.763 bits per heavy atom. The maximum absolute atomic E-state index is 6.15. The third-order valence-corrected chi connectivity index (χ3v) is 6.37. The number of nitrogens with one attached hydrogen (secondary N) is 1. The molecule has 200 valence electrons. The highest BCUT2D eigenvalue weighted by Crippen LogP contribution is 2.34. The Morgan fingerprint density at radius 2 is 1.50 bits per heavy atom. The number of aromatic nitrogens is 3. The lowest BCUT2D eigenvalue weighted by Crippen LogP contribution is -2.15. The van der Waals surface area contributed by atoms with E-state index in [1.165, 1.54) is 44.3 Å². The molecule has 0 atom stereocenters. The molecule has 2 heterocycles. The largest absolute Gasteiger partial charge is 0.398 e. The minimum atomic E-state index is 0.778. The molecule has 2 aromatic heterocycles. The predicted octanol–water partition coefficient (Wildman–Crippen LogP) is 8.31. The molecule has 0 aliphatic heterocycles. The number of hydrogen-bond acceptors (Lipinski definition) is 4. The van der Waals surface area contributed by atoms with E-state index in [0.717, 1.165) is 44.4 Å². The summed E-state index contributed by atoms with van der Waals surface area (Å²) < 4.78 is 1.84.